The van der Waals surface area contributed by atoms with Crippen molar-refractivity contribution in [2.45, 2.75) is 12.5 Å². The van der Waals surface area contributed by atoms with Crippen molar-refractivity contribution in [1.82, 2.24) is 15.5 Å². The number of ether oxygens (including phenoxy) is 1. The van der Waals surface area contributed by atoms with Crippen molar-refractivity contribution in [2.24, 2.45) is 11.8 Å². The summed E-state index contributed by atoms with van der Waals surface area (Å²) in [6.07, 6.45) is 1.60. The fourth-order valence-electron chi connectivity index (χ4n) is 2.40. The van der Waals surface area contributed by atoms with Gasteiger partial charge < -0.3 is 10.1 Å². The van der Waals surface area contributed by atoms with Crippen molar-refractivity contribution in [1.29, 1.82) is 0 Å². The molecule has 0 aromatic carbocycles. The fourth-order valence-corrected chi connectivity index (χ4v) is 2.50. The minimum Gasteiger partial charge on any atom is -0.473 e. The molecule has 1 saturated carbocycles. The van der Waals surface area contributed by atoms with Gasteiger partial charge in [-0.05, 0) is 12.5 Å². The quantitative estimate of drug-likeness (QED) is 0.878. The minimum absolute atomic E-state index is 0. The number of nitrogens with one attached hydrogen (secondary N) is 1. The third kappa shape index (κ3) is 2.10. The highest BCUT2D eigenvalue weighted by molar-refractivity contribution is 6.29. The molecule has 1 aliphatic carbocycles. The van der Waals surface area contributed by atoms with E-state index in [9.17, 15) is 0 Å². The van der Waals surface area contributed by atoms with Crippen LogP contribution in [-0.4, -0.2) is 29.4 Å². The highest BCUT2D eigenvalue weighted by Crippen LogP contribution is 2.38. The van der Waals surface area contributed by atoms with Gasteiger partial charge >= 0.3 is 0 Å². The van der Waals surface area contributed by atoms with Crippen LogP contribution in [0.25, 0.3) is 0 Å². The average molecular weight is 262 g/mol. The van der Waals surface area contributed by atoms with E-state index in [-0.39, 0.29) is 12.4 Å². The highest BCUT2D eigenvalue weighted by Gasteiger charge is 2.45. The van der Waals surface area contributed by atoms with Gasteiger partial charge in [0.05, 0.1) is 0 Å². The van der Waals surface area contributed by atoms with Crippen LogP contribution in [0.4, 0.5) is 0 Å². The predicted octanol–water partition coefficient (Wildman–Crippen LogP) is 1.54. The molecule has 16 heavy (non-hydrogen) atoms. The first-order chi connectivity index (χ1) is 7.33. The lowest BCUT2D eigenvalue weighted by molar-refractivity contribution is -0.0474. The number of halogens is 2. The van der Waals surface area contributed by atoms with E-state index in [1.54, 1.807) is 12.1 Å². The Morgan fingerprint density at radius 3 is 2.56 bits per heavy atom. The number of hydrogen-bond acceptors (Lipinski definition) is 4. The zero-order chi connectivity index (χ0) is 10.3. The number of rotatable bonds is 2. The van der Waals surface area contributed by atoms with Gasteiger partial charge in [0.2, 0.25) is 5.88 Å². The molecule has 2 bridgehead atoms. The lowest BCUT2D eigenvalue weighted by Crippen LogP contribution is -2.59. The largest absolute Gasteiger partial charge is 0.473 e. The van der Waals surface area contributed by atoms with Crippen LogP contribution in [0.15, 0.2) is 12.1 Å². The molecular formula is C10H13Cl2N3O. The van der Waals surface area contributed by atoms with Crippen LogP contribution in [0.3, 0.4) is 0 Å². The predicted molar refractivity (Wildman–Crippen MR) is 63.2 cm³/mol. The molecule has 3 atom stereocenters. The summed E-state index contributed by atoms with van der Waals surface area (Å²) in [5, 5.41) is 11.4. The Kier molecular flexibility index (Phi) is 3.52. The SMILES string of the molecule is Cl.Clc1ccc(OC2[C@@H]3CNC[C@H]2C3)nn1. The van der Waals surface area contributed by atoms with Gasteiger partial charge in [-0.25, -0.2) is 0 Å². The van der Waals surface area contributed by atoms with Gasteiger partial charge in [0.15, 0.2) is 5.15 Å². The summed E-state index contributed by atoms with van der Waals surface area (Å²) < 4.78 is 5.80. The van der Waals surface area contributed by atoms with Crippen LogP contribution < -0.4 is 10.1 Å². The maximum atomic E-state index is 5.80. The van der Waals surface area contributed by atoms with Crippen LogP contribution in [0.1, 0.15) is 6.42 Å². The second kappa shape index (κ2) is 4.73. The molecule has 1 saturated heterocycles. The second-order valence-corrected chi connectivity index (χ2v) is 4.58. The first kappa shape index (κ1) is 11.9. The second-order valence-electron chi connectivity index (χ2n) is 4.19. The third-order valence-electron chi connectivity index (χ3n) is 3.21. The standard InChI is InChI=1S/C10H12ClN3O.ClH/c11-8-1-2-9(14-13-8)15-10-6-3-7(10)5-12-4-6;/h1-2,6-7,10,12H,3-5H2;1H/t6-,7+,10?;. The lowest BCUT2D eigenvalue weighted by atomic mass is 9.69. The Morgan fingerprint density at radius 1 is 1.25 bits per heavy atom. The molecule has 0 spiro atoms. The Labute approximate surface area is 105 Å². The third-order valence-corrected chi connectivity index (χ3v) is 3.41. The molecule has 1 N–H and O–H groups in total. The van der Waals surface area contributed by atoms with E-state index < -0.39 is 0 Å². The number of hydrogen-bond donors (Lipinski definition) is 1. The van der Waals surface area contributed by atoms with E-state index in [2.05, 4.69) is 15.5 Å². The molecule has 2 heterocycles. The zero-order valence-electron chi connectivity index (χ0n) is 8.60. The molecule has 0 amide bonds. The van der Waals surface area contributed by atoms with Crippen molar-refractivity contribution >= 4 is 24.0 Å². The smallest absolute Gasteiger partial charge is 0.233 e. The summed E-state index contributed by atoms with van der Waals surface area (Å²) in [6, 6.07) is 3.48. The summed E-state index contributed by atoms with van der Waals surface area (Å²) in [5.74, 6) is 1.86. The molecule has 88 valence electrons. The van der Waals surface area contributed by atoms with Crippen LogP contribution in [0.5, 0.6) is 5.88 Å². The molecule has 1 aromatic heterocycles. The van der Waals surface area contributed by atoms with E-state index in [0.29, 0.717) is 29.0 Å². The monoisotopic (exact) mass is 261 g/mol. The molecule has 1 aliphatic heterocycles. The van der Waals surface area contributed by atoms with Crippen molar-refractivity contribution in [3.8, 4) is 5.88 Å². The maximum absolute atomic E-state index is 5.80. The molecule has 1 aromatic rings. The van der Waals surface area contributed by atoms with E-state index in [1.807, 2.05) is 0 Å². The van der Waals surface area contributed by atoms with Crippen molar-refractivity contribution in [2.75, 3.05) is 13.1 Å². The van der Waals surface area contributed by atoms with Crippen LogP contribution >= 0.6 is 24.0 Å². The molecular weight excluding hydrogens is 249 g/mol. The molecule has 4 nitrogen and oxygen atoms in total. The Hall–Kier alpha value is -0.580. The van der Waals surface area contributed by atoms with Crippen LogP contribution in [-0.2, 0) is 0 Å². The summed E-state index contributed by atoms with van der Waals surface area (Å²) in [7, 11) is 0. The molecule has 0 radical (unpaired) electrons. The number of fused-ring (bicyclic) bond motifs is 2. The summed E-state index contributed by atoms with van der Waals surface area (Å²) in [5.41, 5.74) is 0. The van der Waals surface area contributed by atoms with Crippen LogP contribution in [0.2, 0.25) is 5.15 Å². The van der Waals surface area contributed by atoms with E-state index >= 15 is 0 Å². The van der Waals surface area contributed by atoms with Gasteiger partial charge in [0, 0.05) is 31.0 Å². The fraction of sp³-hybridized carbons (Fsp3) is 0.600. The van der Waals surface area contributed by atoms with Crippen molar-refractivity contribution in [3.63, 3.8) is 0 Å². The van der Waals surface area contributed by atoms with Gasteiger partial charge in [0.25, 0.3) is 0 Å². The molecule has 6 heteroatoms. The first-order valence-electron chi connectivity index (χ1n) is 5.19. The number of aromatic nitrogens is 2. The Bertz CT molecular complexity index is 346. The van der Waals surface area contributed by atoms with Crippen LogP contribution in [0, 0.1) is 11.8 Å². The highest BCUT2D eigenvalue weighted by atomic mass is 35.5. The average Bonchev–Trinajstić information content (AvgIpc) is 2.29. The summed E-state index contributed by atoms with van der Waals surface area (Å²) >= 11 is 5.65. The van der Waals surface area contributed by atoms with Gasteiger partial charge in [-0.15, -0.1) is 22.6 Å². The molecule has 1 unspecified atom stereocenters. The van der Waals surface area contributed by atoms with E-state index in [0.717, 1.165) is 13.1 Å². The zero-order valence-corrected chi connectivity index (χ0v) is 10.2. The topological polar surface area (TPSA) is 47.0 Å². The molecule has 2 aliphatic rings. The van der Waals surface area contributed by atoms with Gasteiger partial charge in [-0.2, -0.15) is 0 Å². The summed E-state index contributed by atoms with van der Waals surface area (Å²) in [4.78, 5) is 0. The van der Waals surface area contributed by atoms with Gasteiger partial charge in [-0.3, -0.25) is 0 Å². The Balaban J connectivity index is 0.000000963. The van der Waals surface area contributed by atoms with E-state index in [4.69, 9.17) is 16.3 Å². The number of piperidine rings is 2. The number of nitrogens with zero attached hydrogens (tertiary/aromatic N) is 2. The summed E-state index contributed by atoms with van der Waals surface area (Å²) in [6.45, 7) is 2.12. The van der Waals surface area contributed by atoms with Gasteiger partial charge in [-0.1, -0.05) is 11.6 Å². The minimum atomic E-state index is 0. The van der Waals surface area contributed by atoms with Crippen molar-refractivity contribution < 1.29 is 4.74 Å². The van der Waals surface area contributed by atoms with Crippen molar-refractivity contribution in [3.05, 3.63) is 17.3 Å². The normalized spacial score (nSPS) is 31.2. The van der Waals surface area contributed by atoms with E-state index in [1.165, 1.54) is 6.42 Å². The molecule has 2 fully saturated rings. The Morgan fingerprint density at radius 2 is 2.00 bits per heavy atom. The van der Waals surface area contributed by atoms with Gasteiger partial charge in [0.1, 0.15) is 6.10 Å². The first-order valence-corrected chi connectivity index (χ1v) is 5.57. The lowest BCUT2D eigenvalue weighted by Gasteiger charge is -2.48. The molecule has 3 rings (SSSR count). The maximum Gasteiger partial charge on any atom is 0.233 e.